The molecule has 2 aromatic carbocycles. The fraction of sp³-hybridized carbons (Fsp3) is 0.368. The predicted octanol–water partition coefficient (Wildman–Crippen LogP) is 4.28. The van der Waals surface area contributed by atoms with Crippen molar-refractivity contribution in [3.05, 3.63) is 53.6 Å². The van der Waals surface area contributed by atoms with E-state index in [2.05, 4.69) is 55.6 Å². The summed E-state index contributed by atoms with van der Waals surface area (Å²) in [5, 5.41) is 3.19. The molecule has 2 heteroatoms. The highest BCUT2D eigenvalue weighted by atomic mass is 16.5. The second-order valence-electron chi connectivity index (χ2n) is 5.85. The average molecular weight is 283 g/mol. The second-order valence-corrected chi connectivity index (χ2v) is 5.85. The zero-order valence-electron chi connectivity index (χ0n) is 13.4. The highest BCUT2D eigenvalue weighted by Crippen LogP contribution is 2.27. The Morgan fingerprint density at radius 3 is 2.24 bits per heavy atom. The van der Waals surface area contributed by atoms with Gasteiger partial charge in [0.2, 0.25) is 0 Å². The van der Waals surface area contributed by atoms with E-state index in [0.29, 0.717) is 5.92 Å². The van der Waals surface area contributed by atoms with Crippen molar-refractivity contribution in [3.63, 3.8) is 0 Å². The number of hydrogen-bond donors (Lipinski definition) is 1. The fourth-order valence-electron chi connectivity index (χ4n) is 2.59. The molecule has 0 heterocycles. The van der Waals surface area contributed by atoms with Crippen LogP contribution >= 0.6 is 0 Å². The Morgan fingerprint density at radius 1 is 1.00 bits per heavy atom. The molecule has 2 nitrogen and oxygen atoms in total. The molecule has 2 rings (SSSR count). The molecule has 0 saturated heterocycles. The van der Waals surface area contributed by atoms with Crippen LogP contribution < -0.4 is 10.1 Å². The van der Waals surface area contributed by atoms with Gasteiger partial charge >= 0.3 is 0 Å². The van der Waals surface area contributed by atoms with Gasteiger partial charge in [0.15, 0.2) is 0 Å². The van der Waals surface area contributed by atoms with E-state index in [1.807, 2.05) is 13.1 Å². The van der Waals surface area contributed by atoms with E-state index in [0.717, 1.165) is 18.7 Å². The van der Waals surface area contributed by atoms with Crippen molar-refractivity contribution in [2.24, 2.45) is 5.92 Å². The molecular weight excluding hydrogens is 258 g/mol. The molecule has 0 unspecified atom stereocenters. The summed E-state index contributed by atoms with van der Waals surface area (Å²) in [6, 6.07) is 15.3. The monoisotopic (exact) mass is 283 g/mol. The third kappa shape index (κ3) is 4.08. The minimum atomic E-state index is 0.694. The Morgan fingerprint density at radius 2 is 1.67 bits per heavy atom. The van der Waals surface area contributed by atoms with E-state index in [-0.39, 0.29) is 0 Å². The van der Waals surface area contributed by atoms with Gasteiger partial charge in [0.25, 0.3) is 0 Å². The molecule has 0 atom stereocenters. The lowest BCUT2D eigenvalue weighted by Gasteiger charge is -2.11. The lowest BCUT2D eigenvalue weighted by molar-refractivity contribution is 0.408. The summed E-state index contributed by atoms with van der Waals surface area (Å²) in [5.74, 6) is 1.63. The number of rotatable bonds is 6. The molecule has 0 aliphatic rings. The Hall–Kier alpha value is -1.80. The van der Waals surface area contributed by atoms with Gasteiger partial charge in [-0.15, -0.1) is 0 Å². The summed E-state index contributed by atoms with van der Waals surface area (Å²) < 4.78 is 5.41. The van der Waals surface area contributed by atoms with Crippen LogP contribution in [0.2, 0.25) is 0 Å². The van der Waals surface area contributed by atoms with Crippen molar-refractivity contribution in [1.29, 1.82) is 0 Å². The smallest absolute Gasteiger partial charge is 0.123 e. The summed E-state index contributed by atoms with van der Waals surface area (Å²) in [4.78, 5) is 0. The van der Waals surface area contributed by atoms with Gasteiger partial charge in [-0.2, -0.15) is 0 Å². The van der Waals surface area contributed by atoms with Gasteiger partial charge in [0, 0.05) is 12.1 Å². The quantitative estimate of drug-likeness (QED) is 0.854. The third-order valence-corrected chi connectivity index (χ3v) is 3.58. The lowest BCUT2D eigenvalue weighted by Crippen LogP contribution is -2.06. The van der Waals surface area contributed by atoms with Gasteiger partial charge in [-0.25, -0.2) is 0 Å². The van der Waals surface area contributed by atoms with Crippen LogP contribution in [-0.2, 0) is 13.0 Å². The topological polar surface area (TPSA) is 21.3 Å². The normalized spacial score (nSPS) is 10.9. The highest BCUT2D eigenvalue weighted by Gasteiger charge is 2.06. The largest absolute Gasteiger partial charge is 0.496 e. The maximum Gasteiger partial charge on any atom is 0.123 e. The first-order valence-corrected chi connectivity index (χ1v) is 7.55. The van der Waals surface area contributed by atoms with E-state index < -0.39 is 0 Å². The Kier molecular flexibility index (Phi) is 5.40. The maximum atomic E-state index is 5.41. The van der Waals surface area contributed by atoms with Crippen LogP contribution in [0.3, 0.4) is 0 Å². The molecule has 0 bridgehead atoms. The molecule has 0 aliphatic heterocycles. The lowest BCUT2D eigenvalue weighted by atomic mass is 9.98. The van der Waals surface area contributed by atoms with Crippen molar-refractivity contribution in [1.82, 2.24) is 5.32 Å². The summed E-state index contributed by atoms with van der Waals surface area (Å²) in [5.41, 5.74) is 5.07. The molecule has 1 N–H and O–H groups in total. The first kappa shape index (κ1) is 15.6. The average Bonchev–Trinajstić information content (AvgIpc) is 2.48. The van der Waals surface area contributed by atoms with Crippen molar-refractivity contribution < 1.29 is 4.74 Å². The van der Waals surface area contributed by atoms with Crippen LogP contribution in [0.1, 0.15) is 25.0 Å². The van der Waals surface area contributed by atoms with Gasteiger partial charge in [-0.1, -0.05) is 44.2 Å². The zero-order valence-corrected chi connectivity index (χ0v) is 13.4. The van der Waals surface area contributed by atoms with Crippen LogP contribution in [0.5, 0.6) is 5.75 Å². The Balaban J connectivity index is 2.26. The minimum absolute atomic E-state index is 0.694. The van der Waals surface area contributed by atoms with Gasteiger partial charge < -0.3 is 10.1 Å². The van der Waals surface area contributed by atoms with Crippen LogP contribution in [0.15, 0.2) is 42.5 Å². The van der Waals surface area contributed by atoms with Crippen LogP contribution in [0.25, 0.3) is 11.1 Å². The van der Waals surface area contributed by atoms with Gasteiger partial charge in [-0.3, -0.25) is 0 Å². The molecular formula is C19H25NO. The number of nitrogens with one attached hydrogen (secondary N) is 1. The zero-order chi connectivity index (χ0) is 15.2. The van der Waals surface area contributed by atoms with Crippen molar-refractivity contribution in [3.8, 4) is 16.9 Å². The van der Waals surface area contributed by atoms with Crippen LogP contribution in [0, 0.1) is 5.92 Å². The van der Waals surface area contributed by atoms with E-state index in [1.165, 1.54) is 22.3 Å². The molecule has 0 aromatic heterocycles. The van der Waals surface area contributed by atoms with E-state index in [9.17, 15) is 0 Å². The standard InChI is InChI=1S/C19H25NO/c1-14(2)11-15-5-7-16(8-6-15)17-9-10-19(21-4)18(12-17)13-20-3/h5-10,12,14,20H,11,13H2,1-4H3. The highest BCUT2D eigenvalue weighted by molar-refractivity contribution is 5.66. The fourth-order valence-corrected chi connectivity index (χ4v) is 2.59. The summed E-state index contributed by atoms with van der Waals surface area (Å²) in [6.45, 7) is 5.31. The summed E-state index contributed by atoms with van der Waals surface area (Å²) in [7, 11) is 3.67. The maximum absolute atomic E-state index is 5.41. The summed E-state index contributed by atoms with van der Waals surface area (Å²) in [6.07, 6.45) is 1.13. The minimum Gasteiger partial charge on any atom is -0.496 e. The van der Waals surface area contributed by atoms with Crippen molar-refractivity contribution >= 4 is 0 Å². The molecule has 21 heavy (non-hydrogen) atoms. The van der Waals surface area contributed by atoms with Gasteiger partial charge in [-0.05, 0) is 48.2 Å². The molecule has 0 amide bonds. The van der Waals surface area contributed by atoms with Crippen molar-refractivity contribution in [2.45, 2.75) is 26.8 Å². The predicted molar refractivity (Wildman–Crippen MR) is 89.7 cm³/mol. The molecule has 0 radical (unpaired) electrons. The first-order valence-electron chi connectivity index (χ1n) is 7.55. The molecule has 0 saturated carbocycles. The number of hydrogen-bond acceptors (Lipinski definition) is 2. The number of methoxy groups -OCH3 is 1. The van der Waals surface area contributed by atoms with E-state index >= 15 is 0 Å². The van der Waals surface area contributed by atoms with Gasteiger partial charge in [0.05, 0.1) is 7.11 Å². The number of benzene rings is 2. The van der Waals surface area contributed by atoms with E-state index in [4.69, 9.17) is 4.74 Å². The first-order chi connectivity index (χ1) is 10.1. The third-order valence-electron chi connectivity index (χ3n) is 3.58. The molecule has 0 spiro atoms. The van der Waals surface area contributed by atoms with E-state index in [1.54, 1.807) is 7.11 Å². The number of ether oxygens (including phenoxy) is 1. The Bertz CT molecular complexity index is 573. The molecule has 2 aromatic rings. The molecule has 0 aliphatic carbocycles. The SMILES string of the molecule is CNCc1cc(-c2ccc(CC(C)C)cc2)ccc1OC. The van der Waals surface area contributed by atoms with Crippen LogP contribution in [0.4, 0.5) is 0 Å². The van der Waals surface area contributed by atoms with Crippen molar-refractivity contribution in [2.75, 3.05) is 14.2 Å². The molecule has 112 valence electrons. The van der Waals surface area contributed by atoms with Crippen LogP contribution in [-0.4, -0.2) is 14.2 Å². The Labute approximate surface area is 128 Å². The molecule has 0 fully saturated rings. The second kappa shape index (κ2) is 7.28. The summed E-state index contributed by atoms with van der Waals surface area (Å²) >= 11 is 0. The van der Waals surface area contributed by atoms with Gasteiger partial charge in [0.1, 0.15) is 5.75 Å².